The number of hydrogen-bond donors (Lipinski definition) is 0. The molecule has 6 rings (SSSR count). The lowest BCUT2D eigenvalue weighted by molar-refractivity contribution is 0.569. The number of sulfone groups is 1. The molecular weight excluding hydrogens is 546 g/mol. The molecule has 4 aromatic rings. The predicted octanol–water partition coefficient (Wildman–Crippen LogP) is 5.65. The van der Waals surface area contributed by atoms with Gasteiger partial charge in [0.15, 0.2) is 21.5 Å². The van der Waals surface area contributed by atoms with Crippen LogP contribution in [0.1, 0.15) is 59.7 Å². The van der Waals surface area contributed by atoms with Gasteiger partial charge in [0.25, 0.3) is 5.56 Å². The third-order valence-electron chi connectivity index (χ3n) is 7.54. The van der Waals surface area contributed by atoms with Crippen molar-refractivity contribution in [3.8, 4) is 16.9 Å². The Kier molecular flexibility index (Phi) is 6.03. The first-order chi connectivity index (χ1) is 18.5. The molecule has 1 aromatic carbocycles. The normalized spacial score (nSPS) is 18.9. The van der Waals surface area contributed by atoms with E-state index in [1.165, 1.54) is 22.9 Å². The molecule has 7 nitrogen and oxygen atoms in total. The maximum absolute atomic E-state index is 16.1. The number of aryl methyl sites for hydroxylation is 2. The Morgan fingerprint density at radius 3 is 2.51 bits per heavy atom. The molecular formula is C28H25ClF2N4O3S. The molecule has 0 amide bonds. The SMILES string of the molecule is Cc1cnc(-c2cccc(S(C)(=O)=O)c2F)c(F)c1-n1c(C)cc([C@H]2C[C@@H]2c2ccnn2C2CC2)c(Cl)c1=O. The van der Waals surface area contributed by atoms with Gasteiger partial charge in [-0.1, -0.05) is 17.7 Å². The van der Waals surface area contributed by atoms with E-state index in [2.05, 4.69) is 14.8 Å². The second-order valence-corrected chi connectivity index (χ2v) is 12.8. The lowest BCUT2D eigenvalue weighted by Crippen LogP contribution is -2.24. The summed E-state index contributed by atoms with van der Waals surface area (Å²) in [6, 6.07) is 7.93. The van der Waals surface area contributed by atoms with E-state index in [4.69, 9.17) is 11.6 Å². The quantitative estimate of drug-likeness (QED) is 0.299. The standard InChI is InChI=1S/C28H25ClF2N4O3S/c1-14-13-32-26(17-5-4-6-22(24(17)30)39(3,37)38)25(31)27(14)34-15(2)11-20(23(29)28(34)36)18-12-19(18)21-9-10-33-35(21)16-7-8-16/h4-6,9-11,13,16,18-19H,7-8,12H2,1-3H3/t18-,19-/m0/s1. The minimum Gasteiger partial charge on any atom is -0.277 e. The highest BCUT2D eigenvalue weighted by atomic mass is 35.5. The van der Waals surface area contributed by atoms with E-state index >= 15 is 8.78 Å². The topological polar surface area (TPSA) is 86.8 Å². The molecule has 0 unspecified atom stereocenters. The van der Waals surface area contributed by atoms with Crippen molar-refractivity contribution in [1.82, 2.24) is 19.3 Å². The summed E-state index contributed by atoms with van der Waals surface area (Å²) in [6.45, 7) is 3.28. The number of benzene rings is 1. The Balaban J connectivity index is 1.43. The molecule has 2 fully saturated rings. The van der Waals surface area contributed by atoms with Crippen molar-refractivity contribution >= 4 is 21.4 Å². The summed E-state index contributed by atoms with van der Waals surface area (Å²) in [5, 5.41) is 4.47. The molecule has 2 saturated carbocycles. The lowest BCUT2D eigenvalue weighted by atomic mass is 10.1. The third kappa shape index (κ3) is 4.30. The molecule has 0 N–H and O–H groups in total. The highest BCUT2D eigenvalue weighted by molar-refractivity contribution is 7.90. The Morgan fingerprint density at radius 2 is 1.82 bits per heavy atom. The third-order valence-corrected chi connectivity index (χ3v) is 9.04. The van der Waals surface area contributed by atoms with Gasteiger partial charge in [-0.2, -0.15) is 5.10 Å². The number of nitrogens with zero attached hydrogens (tertiary/aromatic N) is 4. The summed E-state index contributed by atoms with van der Waals surface area (Å²) in [7, 11) is -3.90. The minimum absolute atomic E-state index is 0.00741. The first-order valence-electron chi connectivity index (χ1n) is 12.6. The van der Waals surface area contributed by atoms with Gasteiger partial charge in [0.2, 0.25) is 0 Å². The van der Waals surface area contributed by atoms with Crippen LogP contribution in [0.25, 0.3) is 16.9 Å². The zero-order valence-electron chi connectivity index (χ0n) is 21.5. The molecule has 0 aliphatic heterocycles. The van der Waals surface area contributed by atoms with Crippen molar-refractivity contribution in [3.05, 3.63) is 92.3 Å². The number of aromatic nitrogens is 4. The Bertz CT molecular complexity index is 1830. The molecule has 0 saturated heterocycles. The summed E-state index contributed by atoms with van der Waals surface area (Å²) in [6.07, 6.45) is 7.06. The van der Waals surface area contributed by atoms with Gasteiger partial charge in [-0.05, 0) is 74.4 Å². The zero-order chi connectivity index (χ0) is 27.8. The first-order valence-corrected chi connectivity index (χ1v) is 14.9. The summed E-state index contributed by atoms with van der Waals surface area (Å²) in [5.74, 6) is -1.80. The van der Waals surface area contributed by atoms with Crippen LogP contribution < -0.4 is 5.56 Å². The fraction of sp³-hybridized carbons (Fsp3) is 0.321. The minimum atomic E-state index is -3.90. The van der Waals surface area contributed by atoms with Crippen LogP contribution >= 0.6 is 11.6 Å². The van der Waals surface area contributed by atoms with Gasteiger partial charge in [0.05, 0.1) is 11.7 Å². The van der Waals surface area contributed by atoms with Gasteiger partial charge < -0.3 is 0 Å². The van der Waals surface area contributed by atoms with Gasteiger partial charge in [-0.15, -0.1) is 0 Å². The summed E-state index contributed by atoms with van der Waals surface area (Å²) >= 11 is 6.63. The van der Waals surface area contributed by atoms with Gasteiger partial charge in [-0.3, -0.25) is 19.0 Å². The van der Waals surface area contributed by atoms with Gasteiger partial charge in [0, 0.05) is 41.5 Å². The monoisotopic (exact) mass is 570 g/mol. The van der Waals surface area contributed by atoms with E-state index in [0.29, 0.717) is 22.9 Å². The highest BCUT2D eigenvalue weighted by Gasteiger charge is 2.45. The zero-order valence-corrected chi connectivity index (χ0v) is 23.0. The highest BCUT2D eigenvalue weighted by Crippen LogP contribution is 2.57. The lowest BCUT2D eigenvalue weighted by Gasteiger charge is -2.18. The fourth-order valence-electron chi connectivity index (χ4n) is 5.40. The average Bonchev–Trinajstić information content (AvgIpc) is 3.81. The van der Waals surface area contributed by atoms with Crippen LogP contribution in [0.3, 0.4) is 0 Å². The summed E-state index contributed by atoms with van der Waals surface area (Å²) < 4.78 is 58.5. The van der Waals surface area contributed by atoms with Crippen LogP contribution in [0, 0.1) is 25.5 Å². The van der Waals surface area contributed by atoms with Crippen LogP contribution in [0.15, 0.2) is 52.4 Å². The molecule has 3 aromatic heterocycles. The molecule has 3 heterocycles. The molecule has 2 aliphatic rings. The van der Waals surface area contributed by atoms with Gasteiger partial charge >= 0.3 is 0 Å². The molecule has 2 aliphatic carbocycles. The summed E-state index contributed by atoms with van der Waals surface area (Å²) in [4.78, 5) is 17.1. The van der Waals surface area contributed by atoms with E-state index in [9.17, 15) is 13.2 Å². The van der Waals surface area contributed by atoms with Crippen LogP contribution in [0.2, 0.25) is 5.02 Å². The number of halogens is 3. The maximum Gasteiger partial charge on any atom is 0.274 e. The van der Waals surface area contributed by atoms with Gasteiger partial charge in [-0.25, -0.2) is 17.2 Å². The molecule has 0 bridgehead atoms. The Morgan fingerprint density at radius 1 is 1.08 bits per heavy atom. The fourth-order valence-corrected chi connectivity index (χ4v) is 6.44. The van der Waals surface area contributed by atoms with Crippen LogP contribution in [0.4, 0.5) is 8.78 Å². The molecule has 11 heteroatoms. The van der Waals surface area contributed by atoms with E-state index in [1.54, 1.807) is 26.1 Å². The molecule has 0 spiro atoms. The van der Waals surface area contributed by atoms with E-state index < -0.39 is 37.6 Å². The average molecular weight is 571 g/mol. The number of pyridine rings is 2. The van der Waals surface area contributed by atoms with Gasteiger partial charge in [0.1, 0.15) is 15.6 Å². The number of hydrogen-bond acceptors (Lipinski definition) is 5. The predicted molar refractivity (Wildman–Crippen MR) is 143 cm³/mol. The molecule has 202 valence electrons. The largest absolute Gasteiger partial charge is 0.277 e. The van der Waals surface area contributed by atoms with Crippen LogP contribution in [0.5, 0.6) is 0 Å². The van der Waals surface area contributed by atoms with Crippen molar-refractivity contribution in [2.45, 2.75) is 55.9 Å². The van der Waals surface area contributed by atoms with Crippen LogP contribution in [-0.4, -0.2) is 34.0 Å². The smallest absolute Gasteiger partial charge is 0.274 e. The molecule has 2 atom stereocenters. The van der Waals surface area contributed by atoms with Crippen molar-refractivity contribution in [1.29, 1.82) is 0 Å². The number of rotatable bonds is 6. The molecule has 39 heavy (non-hydrogen) atoms. The Hall–Kier alpha value is -3.37. The van der Waals surface area contributed by atoms with E-state index in [0.717, 1.165) is 37.3 Å². The van der Waals surface area contributed by atoms with E-state index in [1.807, 2.05) is 6.07 Å². The van der Waals surface area contributed by atoms with Crippen molar-refractivity contribution < 1.29 is 17.2 Å². The first kappa shape index (κ1) is 25.9. The van der Waals surface area contributed by atoms with Crippen LogP contribution in [-0.2, 0) is 9.84 Å². The second-order valence-electron chi connectivity index (χ2n) is 10.4. The second kappa shape index (κ2) is 9.09. The molecule has 0 radical (unpaired) electrons. The maximum atomic E-state index is 16.1. The van der Waals surface area contributed by atoms with Crippen molar-refractivity contribution in [3.63, 3.8) is 0 Å². The van der Waals surface area contributed by atoms with Crippen molar-refractivity contribution in [2.75, 3.05) is 6.26 Å². The van der Waals surface area contributed by atoms with E-state index in [-0.39, 0.29) is 28.1 Å². The Labute approximate surface area is 229 Å². The van der Waals surface area contributed by atoms with Crippen molar-refractivity contribution in [2.24, 2.45) is 0 Å². The summed E-state index contributed by atoms with van der Waals surface area (Å²) in [5.41, 5.74) is 1.23.